The molecule has 136 valence electrons. The zero-order valence-corrected chi connectivity index (χ0v) is 15.7. The first-order valence-electron chi connectivity index (χ1n) is 7.56. The molecular formula is C16H16N4O4S2. The second kappa shape index (κ2) is 6.89. The maximum absolute atomic E-state index is 11.7. The van der Waals surface area contributed by atoms with Gasteiger partial charge in [-0.15, -0.1) is 0 Å². The van der Waals surface area contributed by atoms with Crippen molar-refractivity contribution in [1.29, 1.82) is 0 Å². The van der Waals surface area contributed by atoms with Gasteiger partial charge >= 0.3 is 5.69 Å². The van der Waals surface area contributed by atoms with Crippen LogP contribution in [0.3, 0.4) is 0 Å². The minimum absolute atomic E-state index is 0.0406. The second-order valence-corrected chi connectivity index (χ2v) is 9.00. The van der Waals surface area contributed by atoms with Gasteiger partial charge in [0.25, 0.3) is 0 Å². The number of anilines is 1. The van der Waals surface area contributed by atoms with Crippen LogP contribution in [0.1, 0.15) is 5.56 Å². The molecule has 0 unspecified atom stereocenters. The van der Waals surface area contributed by atoms with E-state index in [2.05, 4.69) is 10.4 Å². The van der Waals surface area contributed by atoms with Crippen LogP contribution in [0.4, 0.5) is 10.7 Å². The van der Waals surface area contributed by atoms with E-state index in [1.54, 1.807) is 11.7 Å². The van der Waals surface area contributed by atoms with Gasteiger partial charge in [0, 0.05) is 43.2 Å². The molecule has 2 aromatic heterocycles. The van der Waals surface area contributed by atoms with Crippen LogP contribution < -0.4 is 5.32 Å². The molecule has 0 aliphatic carbocycles. The lowest BCUT2D eigenvalue weighted by molar-refractivity contribution is -0.383. The molecule has 0 saturated carbocycles. The van der Waals surface area contributed by atoms with Crippen molar-refractivity contribution in [3.05, 3.63) is 58.3 Å². The number of benzene rings is 1. The van der Waals surface area contributed by atoms with Gasteiger partial charge in [0.15, 0.2) is 14.8 Å². The van der Waals surface area contributed by atoms with Gasteiger partial charge in [-0.2, -0.15) is 5.10 Å². The van der Waals surface area contributed by atoms with Crippen LogP contribution in [0.25, 0.3) is 11.3 Å². The average Bonchev–Trinajstić information content (AvgIpc) is 3.17. The van der Waals surface area contributed by atoms with Gasteiger partial charge in [0.2, 0.25) is 0 Å². The number of hydrogen-bond donors (Lipinski definition) is 1. The Balaban J connectivity index is 1.91. The normalized spacial score (nSPS) is 11.5. The van der Waals surface area contributed by atoms with E-state index in [0.29, 0.717) is 0 Å². The van der Waals surface area contributed by atoms with Crippen LogP contribution in [-0.4, -0.2) is 29.4 Å². The molecule has 1 N–H and O–H groups in total. The van der Waals surface area contributed by atoms with Crippen molar-refractivity contribution in [3.63, 3.8) is 0 Å². The van der Waals surface area contributed by atoms with Crippen LogP contribution in [0.5, 0.6) is 0 Å². The van der Waals surface area contributed by atoms with Crippen LogP contribution in [-0.2, 0) is 23.4 Å². The molecule has 2 heterocycles. The molecule has 3 rings (SSSR count). The van der Waals surface area contributed by atoms with Crippen molar-refractivity contribution in [2.45, 2.75) is 10.8 Å². The van der Waals surface area contributed by atoms with E-state index < -0.39 is 14.8 Å². The number of aryl methyl sites for hydroxylation is 1. The second-order valence-electron chi connectivity index (χ2n) is 5.71. The number of thiophene rings is 1. The quantitative estimate of drug-likeness (QED) is 0.510. The van der Waals surface area contributed by atoms with Crippen LogP contribution >= 0.6 is 11.3 Å². The zero-order valence-electron chi connectivity index (χ0n) is 14.0. The number of hydrogen-bond acceptors (Lipinski definition) is 7. The van der Waals surface area contributed by atoms with Crippen molar-refractivity contribution in [2.24, 2.45) is 7.05 Å². The summed E-state index contributed by atoms with van der Waals surface area (Å²) < 4.78 is 25.0. The Labute approximate surface area is 154 Å². The molecule has 10 heteroatoms. The predicted octanol–water partition coefficient (Wildman–Crippen LogP) is 3.07. The minimum Gasteiger partial charge on any atom is -0.367 e. The van der Waals surface area contributed by atoms with E-state index in [4.69, 9.17) is 0 Å². The molecule has 0 amide bonds. The topological polar surface area (TPSA) is 107 Å². The molecule has 0 atom stereocenters. The monoisotopic (exact) mass is 392 g/mol. The molecule has 1 aromatic carbocycles. The van der Waals surface area contributed by atoms with Crippen molar-refractivity contribution in [3.8, 4) is 11.3 Å². The summed E-state index contributed by atoms with van der Waals surface area (Å²) in [6, 6.07) is 10.7. The average molecular weight is 392 g/mol. The molecule has 0 bridgehead atoms. The van der Waals surface area contributed by atoms with Crippen molar-refractivity contribution >= 4 is 31.9 Å². The zero-order chi connectivity index (χ0) is 18.9. The summed E-state index contributed by atoms with van der Waals surface area (Å²) >= 11 is 0.855. The van der Waals surface area contributed by atoms with E-state index >= 15 is 0 Å². The van der Waals surface area contributed by atoms with Crippen molar-refractivity contribution < 1.29 is 13.3 Å². The minimum atomic E-state index is -3.51. The Morgan fingerprint density at radius 3 is 2.62 bits per heavy atom. The van der Waals surface area contributed by atoms with E-state index in [-0.39, 0.29) is 21.4 Å². The lowest BCUT2D eigenvalue weighted by Gasteiger charge is -2.04. The molecule has 3 aromatic rings. The summed E-state index contributed by atoms with van der Waals surface area (Å²) in [6.07, 6.45) is 2.85. The number of nitro groups is 1. The Hall–Kier alpha value is -2.72. The fourth-order valence-electron chi connectivity index (χ4n) is 2.49. The first kappa shape index (κ1) is 18.1. The Morgan fingerprint density at radius 2 is 2.00 bits per heavy atom. The molecular weight excluding hydrogens is 376 g/mol. The first-order chi connectivity index (χ1) is 12.3. The Bertz CT molecular complexity index is 1060. The lowest BCUT2D eigenvalue weighted by Crippen LogP contribution is -2.00. The van der Waals surface area contributed by atoms with Gasteiger partial charge in [-0.25, -0.2) is 8.42 Å². The molecule has 0 saturated heterocycles. The Kier molecular flexibility index (Phi) is 4.79. The summed E-state index contributed by atoms with van der Waals surface area (Å²) in [5.41, 5.74) is 2.30. The maximum Gasteiger partial charge on any atom is 0.304 e. The third-order valence-electron chi connectivity index (χ3n) is 3.64. The van der Waals surface area contributed by atoms with E-state index in [1.165, 1.54) is 0 Å². The van der Waals surface area contributed by atoms with E-state index in [0.717, 1.165) is 40.5 Å². The van der Waals surface area contributed by atoms with Crippen molar-refractivity contribution in [1.82, 2.24) is 9.78 Å². The third kappa shape index (κ3) is 3.75. The van der Waals surface area contributed by atoms with Crippen LogP contribution in [0.15, 0.2) is 46.8 Å². The predicted molar refractivity (Wildman–Crippen MR) is 100 cm³/mol. The van der Waals surface area contributed by atoms with Crippen LogP contribution in [0, 0.1) is 10.1 Å². The Morgan fingerprint density at radius 1 is 1.31 bits per heavy atom. The number of nitrogens with zero attached hydrogens (tertiary/aromatic N) is 3. The van der Waals surface area contributed by atoms with Gasteiger partial charge in [0.1, 0.15) is 4.21 Å². The largest absolute Gasteiger partial charge is 0.367 e. The summed E-state index contributed by atoms with van der Waals surface area (Å²) in [7, 11) is -1.71. The highest BCUT2D eigenvalue weighted by Crippen LogP contribution is 2.37. The highest BCUT2D eigenvalue weighted by Gasteiger charge is 2.24. The van der Waals surface area contributed by atoms with E-state index in [9.17, 15) is 18.5 Å². The number of nitrogens with one attached hydrogen (secondary N) is 1. The van der Waals surface area contributed by atoms with Gasteiger partial charge in [-0.3, -0.25) is 14.8 Å². The highest BCUT2D eigenvalue weighted by atomic mass is 32.2. The summed E-state index contributed by atoms with van der Waals surface area (Å²) in [5.74, 6) is 0. The molecule has 0 spiro atoms. The SMILES string of the molecule is Cn1cc(CNc2sc(S(C)(=O)=O)cc2[N+](=O)[O-])c(-c2ccccc2)n1. The van der Waals surface area contributed by atoms with Gasteiger partial charge in [-0.05, 0) is 0 Å². The molecule has 0 fully saturated rings. The summed E-state index contributed by atoms with van der Waals surface area (Å²) in [5, 5.41) is 18.9. The van der Waals surface area contributed by atoms with Gasteiger partial charge < -0.3 is 5.32 Å². The molecule has 0 aliphatic rings. The number of rotatable bonds is 6. The third-order valence-corrected chi connectivity index (χ3v) is 6.53. The number of aromatic nitrogens is 2. The fraction of sp³-hybridized carbons (Fsp3) is 0.188. The fourth-order valence-corrected chi connectivity index (χ4v) is 4.42. The maximum atomic E-state index is 11.7. The first-order valence-corrected chi connectivity index (χ1v) is 10.3. The molecule has 0 aliphatic heterocycles. The molecule has 26 heavy (non-hydrogen) atoms. The number of sulfone groups is 1. The van der Waals surface area contributed by atoms with Crippen LogP contribution in [0.2, 0.25) is 0 Å². The smallest absolute Gasteiger partial charge is 0.304 e. The molecule has 8 nitrogen and oxygen atoms in total. The van der Waals surface area contributed by atoms with Gasteiger partial charge in [-0.1, -0.05) is 41.7 Å². The molecule has 0 radical (unpaired) electrons. The standard InChI is InChI=1S/C16H16N4O4S2/c1-19-10-12(15(18-19)11-6-4-3-5-7-11)9-17-16-13(20(21)22)8-14(25-16)26(2,23)24/h3-8,10,17H,9H2,1-2H3. The summed E-state index contributed by atoms with van der Waals surface area (Å²) in [4.78, 5) is 10.6. The lowest BCUT2D eigenvalue weighted by atomic mass is 10.1. The van der Waals surface area contributed by atoms with Gasteiger partial charge in [0.05, 0.1) is 10.6 Å². The van der Waals surface area contributed by atoms with Crippen molar-refractivity contribution in [2.75, 3.05) is 11.6 Å². The summed E-state index contributed by atoms with van der Waals surface area (Å²) in [6.45, 7) is 0.280. The van der Waals surface area contributed by atoms with E-state index in [1.807, 2.05) is 36.5 Å². The highest BCUT2D eigenvalue weighted by molar-refractivity contribution is 7.92.